The molecule has 5 rings (SSSR count). The lowest BCUT2D eigenvalue weighted by molar-refractivity contribution is -0.197. The highest BCUT2D eigenvalue weighted by molar-refractivity contribution is 5.83. The molecule has 0 aliphatic heterocycles. The molecule has 0 aromatic heterocycles. The fourth-order valence-electron chi connectivity index (χ4n) is 6.28. The molecule has 0 radical (unpaired) electrons. The fraction of sp³-hybridized carbons (Fsp3) is 0.667. The first-order chi connectivity index (χ1) is 13.6. The van der Waals surface area contributed by atoms with E-state index < -0.39 is 11.0 Å². The lowest BCUT2D eigenvalue weighted by Crippen LogP contribution is -2.58. The van der Waals surface area contributed by atoms with Crippen LogP contribution in [0.1, 0.15) is 64.9 Å². The van der Waals surface area contributed by atoms with Crippen LogP contribution in [0.15, 0.2) is 30.3 Å². The standard InChI is InChI=1S/C24H33NO4/c1-22(2,3)25(14-17-7-5-4-6-8-17)20(26)15-29-21(27)23-10-18-9-19(11-23)13-24(28,12-18)16-23/h4-8,18-19,28H,9-16H2,1-3H3. The second kappa shape index (κ2) is 7.12. The summed E-state index contributed by atoms with van der Waals surface area (Å²) in [5.74, 6) is 0.354. The Bertz CT molecular complexity index is 768. The van der Waals surface area contributed by atoms with Gasteiger partial charge < -0.3 is 14.7 Å². The summed E-state index contributed by atoms with van der Waals surface area (Å²) < 4.78 is 5.61. The molecule has 5 nitrogen and oxygen atoms in total. The van der Waals surface area contributed by atoms with Crippen LogP contribution in [-0.4, -0.2) is 39.6 Å². The van der Waals surface area contributed by atoms with Crippen molar-refractivity contribution in [2.24, 2.45) is 17.3 Å². The van der Waals surface area contributed by atoms with Crippen LogP contribution < -0.4 is 0 Å². The Morgan fingerprint density at radius 3 is 2.28 bits per heavy atom. The van der Waals surface area contributed by atoms with Crippen molar-refractivity contribution in [3.63, 3.8) is 0 Å². The summed E-state index contributed by atoms with van der Waals surface area (Å²) in [7, 11) is 0. The summed E-state index contributed by atoms with van der Waals surface area (Å²) in [5, 5.41) is 10.9. The molecule has 4 saturated carbocycles. The molecular weight excluding hydrogens is 366 g/mol. The Labute approximate surface area is 173 Å². The molecule has 1 aromatic rings. The number of hydrogen-bond donors (Lipinski definition) is 1. The predicted octanol–water partition coefficient (Wildman–Crippen LogP) is 3.69. The number of ether oxygens (including phenoxy) is 1. The number of aliphatic hydroxyl groups is 1. The molecular formula is C24H33NO4. The summed E-state index contributed by atoms with van der Waals surface area (Å²) in [5.41, 5.74) is -0.636. The van der Waals surface area contributed by atoms with Gasteiger partial charge in [-0.1, -0.05) is 30.3 Å². The van der Waals surface area contributed by atoms with Crippen LogP contribution in [-0.2, 0) is 20.9 Å². The zero-order chi connectivity index (χ0) is 20.9. The van der Waals surface area contributed by atoms with Crippen molar-refractivity contribution in [1.82, 2.24) is 4.90 Å². The van der Waals surface area contributed by atoms with Gasteiger partial charge in [0.2, 0.25) is 0 Å². The van der Waals surface area contributed by atoms with Crippen LogP contribution in [0.5, 0.6) is 0 Å². The van der Waals surface area contributed by atoms with Gasteiger partial charge in [0.25, 0.3) is 5.91 Å². The van der Waals surface area contributed by atoms with E-state index in [1.807, 2.05) is 51.1 Å². The average molecular weight is 400 g/mol. The maximum Gasteiger partial charge on any atom is 0.312 e. The Morgan fingerprint density at radius 2 is 1.72 bits per heavy atom. The molecule has 2 atom stereocenters. The minimum Gasteiger partial charge on any atom is -0.455 e. The van der Waals surface area contributed by atoms with Crippen molar-refractivity contribution >= 4 is 11.9 Å². The van der Waals surface area contributed by atoms with Crippen LogP contribution >= 0.6 is 0 Å². The Hall–Kier alpha value is -1.88. The molecule has 0 saturated heterocycles. The van der Waals surface area contributed by atoms with E-state index in [1.54, 1.807) is 4.90 Å². The lowest BCUT2D eigenvalue weighted by Gasteiger charge is -2.58. The Morgan fingerprint density at radius 1 is 1.10 bits per heavy atom. The first-order valence-electron chi connectivity index (χ1n) is 10.8. The number of rotatable bonds is 5. The maximum absolute atomic E-state index is 13.1. The van der Waals surface area contributed by atoms with Gasteiger partial charge in [0.15, 0.2) is 6.61 Å². The lowest BCUT2D eigenvalue weighted by atomic mass is 9.48. The second-order valence-corrected chi connectivity index (χ2v) is 10.7. The fourth-order valence-corrected chi connectivity index (χ4v) is 6.28. The summed E-state index contributed by atoms with van der Waals surface area (Å²) in [6.07, 6.45) is 4.83. The van der Waals surface area contributed by atoms with Gasteiger partial charge in [-0.05, 0) is 76.7 Å². The Kier molecular flexibility index (Phi) is 5.01. The largest absolute Gasteiger partial charge is 0.455 e. The average Bonchev–Trinajstić information content (AvgIpc) is 2.61. The molecule has 4 fully saturated rings. The third kappa shape index (κ3) is 4.07. The van der Waals surface area contributed by atoms with Crippen molar-refractivity contribution in [3.05, 3.63) is 35.9 Å². The van der Waals surface area contributed by atoms with Crippen LogP contribution in [0.25, 0.3) is 0 Å². The molecule has 1 amide bonds. The van der Waals surface area contributed by atoms with Gasteiger partial charge in [0, 0.05) is 12.1 Å². The van der Waals surface area contributed by atoms with Crippen molar-refractivity contribution in [3.8, 4) is 0 Å². The molecule has 5 heteroatoms. The van der Waals surface area contributed by atoms with Gasteiger partial charge >= 0.3 is 5.97 Å². The summed E-state index contributed by atoms with van der Waals surface area (Å²) >= 11 is 0. The molecule has 158 valence electrons. The monoisotopic (exact) mass is 399 g/mol. The third-order valence-corrected chi connectivity index (χ3v) is 7.08. The maximum atomic E-state index is 13.1. The zero-order valence-corrected chi connectivity index (χ0v) is 17.8. The topological polar surface area (TPSA) is 66.8 Å². The van der Waals surface area contributed by atoms with Crippen LogP contribution in [0, 0.1) is 17.3 Å². The van der Waals surface area contributed by atoms with Gasteiger partial charge in [-0.15, -0.1) is 0 Å². The summed E-state index contributed by atoms with van der Waals surface area (Å²) in [6.45, 7) is 6.22. The van der Waals surface area contributed by atoms with Crippen molar-refractivity contribution in [1.29, 1.82) is 0 Å². The van der Waals surface area contributed by atoms with E-state index in [9.17, 15) is 14.7 Å². The molecule has 0 spiro atoms. The molecule has 2 unspecified atom stereocenters. The van der Waals surface area contributed by atoms with Crippen molar-refractivity contribution in [2.45, 2.75) is 77.0 Å². The van der Waals surface area contributed by atoms with E-state index >= 15 is 0 Å². The SMILES string of the molecule is CC(C)(C)N(Cc1ccccc1)C(=O)COC(=O)C12CC3CC(CC(O)(C3)C1)C2. The van der Waals surface area contributed by atoms with Crippen LogP contribution in [0.2, 0.25) is 0 Å². The van der Waals surface area contributed by atoms with Crippen molar-refractivity contribution < 1.29 is 19.4 Å². The van der Waals surface area contributed by atoms with Gasteiger partial charge in [0.05, 0.1) is 11.0 Å². The van der Waals surface area contributed by atoms with E-state index in [0.29, 0.717) is 24.8 Å². The van der Waals surface area contributed by atoms with E-state index in [1.165, 1.54) is 0 Å². The van der Waals surface area contributed by atoms with Crippen LogP contribution in [0.3, 0.4) is 0 Å². The molecule has 0 heterocycles. The third-order valence-electron chi connectivity index (χ3n) is 7.08. The quantitative estimate of drug-likeness (QED) is 0.767. The predicted molar refractivity (Wildman–Crippen MR) is 110 cm³/mol. The molecule has 4 aliphatic carbocycles. The molecule has 1 aromatic carbocycles. The first-order valence-corrected chi connectivity index (χ1v) is 10.8. The number of hydrogen-bond acceptors (Lipinski definition) is 4. The highest BCUT2D eigenvalue weighted by Crippen LogP contribution is 2.61. The van der Waals surface area contributed by atoms with Gasteiger partial charge in [-0.25, -0.2) is 0 Å². The second-order valence-electron chi connectivity index (χ2n) is 10.7. The summed E-state index contributed by atoms with van der Waals surface area (Å²) in [6, 6.07) is 9.85. The number of benzene rings is 1. The van der Waals surface area contributed by atoms with E-state index in [2.05, 4.69) is 0 Å². The van der Waals surface area contributed by atoms with Crippen LogP contribution in [0.4, 0.5) is 0 Å². The molecule has 4 aliphatic rings. The number of amides is 1. The van der Waals surface area contributed by atoms with Gasteiger partial charge in [0.1, 0.15) is 0 Å². The molecule has 29 heavy (non-hydrogen) atoms. The zero-order valence-electron chi connectivity index (χ0n) is 17.8. The number of carbonyl (C=O) groups excluding carboxylic acids is 2. The van der Waals surface area contributed by atoms with E-state index in [-0.39, 0.29) is 24.0 Å². The number of esters is 1. The first kappa shape index (κ1) is 20.4. The highest BCUT2D eigenvalue weighted by atomic mass is 16.5. The smallest absolute Gasteiger partial charge is 0.312 e. The number of carbonyl (C=O) groups is 2. The normalized spacial score (nSPS) is 32.8. The Balaban J connectivity index is 1.42. The molecule has 4 bridgehead atoms. The summed E-state index contributed by atoms with van der Waals surface area (Å²) in [4.78, 5) is 27.8. The minimum atomic E-state index is -0.710. The van der Waals surface area contributed by atoms with Gasteiger partial charge in [-0.2, -0.15) is 0 Å². The van der Waals surface area contributed by atoms with Crippen molar-refractivity contribution in [2.75, 3.05) is 6.61 Å². The molecule has 1 N–H and O–H groups in total. The number of nitrogens with zero attached hydrogens (tertiary/aromatic N) is 1. The highest BCUT2D eigenvalue weighted by Gasteiger charge is 2.61. The minimum absolute atomic E-state index is 0.182. The van der Waals surface area contributed by atoms with Gasteiger partial charge in [-0.3, -0.25) is 9.59 Å². The van der Waals surface area contributed by atoms with E-state index in [4.69, 9.17) is 4.74 Å². The van der Waals surface area contributed by atoms with E-state index in [0.717, 1.165) is 37.7 Å².